The van der Waals surface area contributed by atoms with Gasteiger partial charge in [-0.2, -0.15) is 0 Å². The Morgan fingerprint density at radius 3 is 2.29 bits per heavy atom. The van der Waals surface area contributed by atoms with Crippen LogP contribution in [0.15, 0.2) is 53.7 Å². The molecule has 2 rings (SSSR count). The first-order chi connectivity index (χ1) is 9.90. The molecule has 0 fully saturated rings. The van der Waals surface area contributed by atoms with Crippen LogP contribution in [0.4, 0.5) is 0 Å². The summed E-state index contributed by atoms with van der Waals surface area (Å²) in [5.74, 6) is 0. The van der Waals surface area contributed by atoms with Crippen LogP contribution in [-0.4, -0.2) is 18.4 Å². The van der Waals surface area contributed by atoms with Crippen LogP contribution < -0.4 is 10.5 Å². The molecule has 0 saturated carbocycles. The summed E-state index contributed by atoms with van der Waals surface area (Å²) in [4.78, 5) is 4.31. The second-order valence-electron chi connectivity index (χ2n) is 4.51. The minimum Gasteiger partial charge on any atom is -0.389 e. The monoisotopic (exact) mass is 321 g/mol. The Morgan fingerprint density at radius 2 is 1.76 bits per heavy atom. The van der Waals surface area contributed by atoms with Gasteiger partial charge in [0.2, 0.25) is 10.0 Å². The van der Waals surface area contributed by atoms with Gasteiger partial charge in [0.25, 0.3) is 0 Å². The molecular formula is C14H15N3O2S2. The molecule has 21 heavy (non-hydrogen) atoms. The maximum Gasteiger partial charge on any atom is 0.241 e. The van der Waals surface area contributed by atoms with E-state index in [9.17, 15) is 8.42 Å². The lowest BCUT2D eigenvalue weighted by atomic mass is 10.1. The molecule has 1 aromatic carbocycles. The van der Waals surface area contributed by atoms with Gasteiger partial charge in [-0.1, -0.05) is 24.4 Å². The summed E-state index contributed by atoms with van der Waals surface area (Å²) in [5, 5.41) is 0. The maximum absolute atomic E-state index is 12.3. The van der Waals surface area contributed by atoms with Gasteiger partial charge in [-0.15, -0.1) is 0 Å². The molecular weight excluding hydrogens is 306 g/mol. The van der Waals surface area contributed by atoms with Gasteiger partial charge in [0.15, 0.2) is 0 Å². The normalized spacial score (nSPS) is 12.8. The lowest BCUT2D eigenvalue weighted by Crippen LogP contribution is -2.27. The number of nitrogens with one attached hydrogen (secondary N) is 1. The van der Waals surface area contributed by atoms with Gasteiger partial charge in [-0.3, -0.25) is 4.98 Å². The molecule has 0 aliphatic carbocycles. The van der Waals surface area contributed by atoms with Crippen LogP contribution in [0, 0.1) is 0 Å². The molecule has 0 spiro atoms. The third-order valence-electron chi connectivity index (χ3n) is 2.99. The van der Waals surface area contributed by atoms with Crippen LogP contribution in [0.3, 0.4) is 0 Å². The Balaban J connectivity index is 2.20. The van der Waals surface area contributed by atoms with Crippen molar-refractivity contribution in [2.24, 2.45) is 5.73 Å². The molecule has 5 nitrogen and oxygen atoms in total. The van der Waals surface area contributed by atoms with Crippen LogP contribution in [0.1, 0.15) is 24.1 Å². The summed E-state index contributed by atoms with van der Waals surface area (Å²) < 4.78 is 27.2. The van der Waals surface area contributed by atoms with Crippen molar-refractivity contribution in [1.82, 2.24) is 9.71 Å². The highest BCUT2D eigenvalue weighted by atomic mass is 32.2. The molecule has 0 aliphatic heterocycles. The zero-order chi connectivity index (χ0) is 15.5. The van der Waals surface area contributed by atoms with E-state index < -0.39 is 10.0 Å². The van der Waals surface area contributed by atoms with E-state index in [0.717, 1.165) is 5.56 Å². The fourth-order valence-electron chi connectivity index (χ4n) is 1.82. The molecule has 7 heteroatoms. The van der Waals surface area contributed by atoms with E-state index in [1.807, 2.05) is 0 Å². The molecule has 0 aliphatic rings. The Bertz CT molecular complexity index is 729. The molecule has 1 aromatic heterocycles. The van der Waals surface area contributed by atoms with Crippen LogP contribution in [0.2, 0.25) is 0 Å². The second kappa shape index (κ2) is 6.30. The highest BCUT2D eigenvalue weighted by molar-refractivity contribution is 7.89. The summed E-state index contributed by atoms with van der Waals surface area (Å²) in [7, 11) is -3.60. The predicted molar refractivity (Wildman–Crippen MR) is 85.3 cm³/mol. The highest BCUT2D eigenvalue weighted by Crippen LogP contribution is 2.16. The smallest absolute Gasteiger partial charge is 0.241 e. The van der Waals surface area contributed by atoms with Gasteiger partial charge in [-0.05, 0) is 36.8 Å². The van der Waals surface area contributed by atoms with Crippen molar-refractivity contribution < 1.29 is 8.42 Å². The Hall–Kier alpha value is -1.83. The topological polar surface area (TPSA) is 85.1 Å². The SMILES string of the molecule is CC(NS(=O)(=O)c1ccc(C(N)=S)cc1)c1ccncc1. The molecule has 1 heterocycles. The molecule has 1 unspecified atom stereocenters. The van der Waals surface area contributed by atoms with Gasteiger partial charge in [-0.25, -0.2) is 13.1 Å². The largest absolute Gasteiger partial charge is 0.389 e. The number of pyridine rings is 1. The Morgan fingerprint density at radius 1 is 1.19 bits per heavy atom. The summed E-state index contributed by atoms with van der Waals surface area (Å²) in [5.41, 5.74) is 6.96. The quantitative estimate of drug-likeness (QED) is 0.820. The van der Waals surface area contributed by atoms with Gasteiger partial charge < -0.3 is 5.73 Å². The number of rotatable bonds is 5. The number of sulfonamides is 1. The zero-order valence-electron chi connectivity index (χ0n) is 11.4. The van der Waals surface area contributed by atoms with Crippen molar-refractivity contribution in [2.45, 2.75) is 17.9 Å². The van der Waals surface area contributed by atoms with Crippen LogP contribution in [0.25, 0.3) is 0 Å². The molecule has 2 aromatic rings. The number of nitrogens with zero attached hydrogens (tertiary/aromatic N) is 1. The first-order valence-electron chi connectivity index (χ1n) is 6.22. The fourth-order valence-corrected chi connectivity index (χ4v) is 3.19. The van der Waals surface area contributed by atoms with Crippen molar-refractivity contribution >= 4 is 27.2 Å². The fraction of sp³-hybridized carbons (Fsp3) is 0.143. The Kier molecular flexibility index (Phi) is 4.66. The lowest BCUT2D eigenvalue weighted by molar-refractivity contribution is 0.567. The first kappa shape index (κ1) is 15.6. The van der Waals surface area contributed by atoms with Crippen molar-refractivity contribution in [2.75, 3.05) is 0 Å². The minimum absolute atomic E-state index is 0.170. The number of thiocarbonyl (C=S) groups is 1. The molecule has 0 bridgehead atoms. The summed E-state index contributed by atoms with van der Waals surface area (Å²) in [6, 6.07) is 9.33. The molecule has 1 atom stereocenters. The van der Waals surface area contributed by atoms with E-state index in [1.54, 1.807) is 43.6 Å². The first-order valence-corrected chi connectivity index (χ1v) is 8.11. The van der Waals surface area contributed by atoms with E-state index in [-0.39, 0.29) is 15.9 Å². The van der Waals surface area contributed by atoms with E-state index in [1.165, 1.54) is 12.1 Å². The number of aromatic nitrogens is 1. The molecule has 3 N–H and O–H groups in total. The third-order valence-corrected chi connectivity index (χ3v) is 4.78. The van der Waals surface area contributed by atoms with Crippen molar-refractivity contribution in [3.63, 3.8) is 0 Å². The third kappa shape index (κ3) is 3.84. The van der Waals surface area contributed by atoms with Crippen molar-refractivity contribution in [1.29, 1.82) is 0 Å². The molecule has 0 radical (unpaired) electrons. The average Bonchev–Trinajstić information content (AvgIpc) is 2.48. The van der Waals surface area contributed by atoms with E-state index in [0.29, 0.717) is 5.56 Å². The lowest BCUT2D eigenvalue weighted by Gasteiger charge is -2.14. The highest BCUT2D eigenvalue weighted by Gasteiger charge is 2.18. The average molecular weight is 321 g/mol. The predicted octanol–water partition coefficient (Wildman–Crippen LogP) is 1.76. The standard InChI is InChI=1S/C14H15N3O2S2/c1-10(11-6-8-16-9-7-11)17-21(18,19)13-4-2-12(3-5-13)14(15)20/h2-10,17H,1H3,(H2,15,20). The van der Waals surface area contributed by atoms with Crippen molar-refractivity contribution in [3.05, 3.63) is 59.9 Å². The van der Waals surface area contributed by atoms with Crippen molar-refractivity contribution in [3.8, 4) is 0 Å². The summed E-state index contributed by atoms with van der Waals surface area (Å²) >= 11 is 4.84. The van der Waals surface area contributed by atoms with Crippen LogP contribution >= 0.6 is 12.2 Å². The molecule has 110 valence electrons. The summed E-state index contributed by atoms with van der Waals surface area (Å²) in [6.07, 6.45) is 3.24. The van der Waals surface area contributed by atoms with Gasteiger partial charge in [0.1, 0.15) is 4.99 Å². The number of benzene rings is 1. The number of hydrogen-bond acceptors (Lipinski definition) is 4. The second-order valence-corrected chi connectivity index (χ2v) is 6.67. The number of nitrogens with two attached hydrogens (primary N) is 1. The van der Waals surface area contributed by atoms with Crippen LogP contribution in [-0.2, 0) is 10.0 Å². The zero-order valence-corrected chi connectivity index (χ0v) is 13.0. The van der Waals surface area contributed by atoms with E-state index >= 15 is 0 Å². The minimum atomic E-state index is -3.60. The van der Waals surface area contributed by atoms with Gasteiger partial charge >= 0.3 is 0 Å². The van der Waals surface area contributed by atoms with Gasteiger partial charge in [0, 0.05) is 24.0 Å². The van der Waals surface area contributed by atoms with E-state index in [2.05, 4.69) is 9.71 Å². The summed E-state index contributed by atoms with van der Waals surface area (Å²) in [6.45, 7) is 1.77. The van der Waals surface area contributed by atoms with E-state index in [4.69, 9.17) is 18.0 Å². The molecule has 0 amide bonds. The number of hydrogen-bond donors (Lipinski definition) is 2. The maximum atomic E-state index is 12.3. The van der Waals surface area contributed by atoms with Gasteiger partial charge in [0.05, 0.1) is 4.90 Å². The molecule has 0 saturated heterocycles. The Labute approximate surface area is 129 Å². The van der Waals surface area contributed by atoms with Crippen LogP contribution in [0.5, 0.6) is 0 Å².